The van der Waals surface area contributed by atoms with Crippen molar-refractivity contribution >= 4 is 23.2 Å². The fourth-order valence-corrected chi connectivity index (χ4v) is 2.52. The summed E-state index contributed by atoms with van der Waals surface area (Å²) >= 11 is 12.0. The third-order valence-electron chi connectivity index (χ3n) is 3.61. The summed E-state index contributed by atoms with van der Waals surface area (Å²) in [6.07, 6.45) is 1.06. The van der Waals surface area contributed by atoms with Crippen molar-refractivity contribution in [2.24, 2.45) is 5.41 Å². The van der Waals surface area contributed by atoms with Gasteiger partial charge in [-0.2, -0.15) is 0 Å². The minimum atomic E-state index is 0.202. The highest BCUT2D eigenvalue weighted by Gasteiger charge is 2.46. The molecule has 0 spiro atoms. The van der Waals surface area contributed by atoms with E-state index in [0.717, 1.165) is 18.0 Å². The molecule has 1 nitrogen and oxygen atoms in total. The van der Waals surface area contributed by atoms with E-state index in [-0.39, 0.29) is 5.41 Å². The largest absolute Gasteiger partial charge is 0.309 e. The molecule has 2 atom stereocenters. The molecular formula is C13H17Cl2N. The van der Waals surface area contributed by atoms with E-state index in [1.807, 2.05) is 12.1 Å². The molecule has 1 aromatic rings. The fourth-order valence-electron chi connectivity index (χ4n) is 2.06. The van der Waals surface area contributed by atoms with E-state index in [2.05, 4.69) is 31.3 Å². The van der Waals surface area contributed by atoms with Crippen LogP contribution in [0.4, 0.5) is 0 Å². The molecule has 0 radical (unpaired) electrons. The molecule has 0 aliphatic heterocycles. The van der Waals surface area contributed by atoms with Crippen molar-refractivity contribution in [2.45, 2.75) is 38.2 Å². The zero-order valence-corrected chi connectivity index (χ0v) is 11.1. The lowest BCUT2D eigenvalue weighted by atomic mass is 9.67. The fraction of sp³-hybridized carbons (Fsp3) is 0.538. The molecule has 0 saturated heterocycles. The Morgan fingerprint density at radius 2 is 1.94 bits per heavy atom. The summed E-state index contributed by atoms with van der Waals surface area (Å²) in [7, 11) is 0. The standard InChI is InChI=1S/C13H17Cl2N/c1-13(2)11(15)7-12(13)16-8-9-3-5-10(14)6-4-9/h3-6,11-12,16H,7-8H2,1-2H3. The molecule has 0 amide bonds. The number of alkyl halides is 1. The highest BCUT2D eigenvalue weighted by Crippen LogP contribution is 2.44. The van der Waals surface area contributed by atoms with Crippen LogP contribution < -0.4 is 5.32 Å². The first-order valence-electron chi connectivity index (χ1n) is 5.62. The molecule has 0 bridgehead atoms. The minimum Gasteiger partial charge on any atom is -0.309 e. The van der Waals surface area contributed by atoms with Gasteiger partial charge < -0.3 is 5.32 Å². The molecule has 16 heavy (non-hydrogen) atoms. The number of hydrogen-bond acceptors (Lipinski definition) is 1. The maximum atomic E-state index is 6.18. The number of nitrogens with one attached hydrogen (secondary N) is 1. The summed E-state index contributed by atoms with van der Waals surface area (Å²) in [5.41, 5.74) is 1.46. The van der Waals surface area contributed by atoms with Gasteiger partial charge in [-0.25, -0.2) is 0 Å². The molecule has 2 unspecified atom stereocenters. The van der Waals surface area contributed by atoms with Gasteiger partial charge in [-0.1, -0.05) is 37.6 Å². The summed E-state index contributed by atoms with van der Waals surface area (Å²) in [6, 6.07) is 8.48. The van der Waals surface area contributed by atoms with Gasteiger partial charge in [-0.15, -0.1) is 11.6 Å². The average Bonchev–Trinajstić information content (AvgIpc) is 2.26. The molecular weight excluding hydrogens is 241 g/mol. The van der Waals surface area contributed by atoms with E-state index in [1.54, 1.807) is 0 Å². The predicted octanol–water partition coefficient (Wildman–Crippen LogP) is 3.84. The molecule has 1 N–H and O–H groups in total. The Morgan fingerprint density at radius 3 is 2.44 bits per heavy atom. The van der Waals surface area contributed by atoms with Gasteiger partial charge in [0.05, 0.1) is 0 Å². The molecule has 0 aromatic heterocycles. The molecule has 2 rings (SSSR count). The third kappa shape index (κ3) is 2.37. The van der Waals surface area contributed by atoms with Crippen LogP contribution in [0.15, 0.2) is 24.3 Å². The quantitative estimate of drug-likeness (QED) is 0.812. The lowest BCUT2D eigenvalue weighted by Crippen LogP contribution is -2.57. The SMILES string of the molecule is CC1(C)C(Cl)CC1NCc1ccc(Cl)cc1. The number of rotatable bonds is 3. The van der Waals surface area contributed by atoms with Crippen LogP contribution in [0.25, 0.3) is 0 Å². The zero-order valence-electron chi connectivity index (χ0n) is 9.63. The van der Waals surface area contributed by atoms with Crippen LogP contribution >= 0.6 is 23.2 Å². The second-order valence-electron chi connectivity index (χ2n) is 5.08. The van der Waals surface area contributed by atoms with Gasteiger partial charge in [0.15, 0.2) is 0 Å². The van der Waals surface area contributed by atoms with E-state index in [9.17, 15) is 0 Å². The predicted molar refractivity (Wildman–Crippen MR) is 70.1 cm³/mol. The van der Waals surface area contributed by atoms with Crippen molar-refractivity contribution in [1.29, 1.82) is 0 Å². The molecule has 1 aromatic carbocycles. The van der Waals surface area contributed by atoms with E-state index in [1.165, 1.54) is 5.56 Å². The summed E-state index contributed by atoms with van der Waals surface area (Å²) in [4.78, 5) is 0. The van der Waals surface area contributed by atoms with Crippen LogP contribution in [0.1, 0.15) is 25.8 Å². The maximum absolute atomic E-state index is 6.18. The Hall–Kier alpha value is -0.240. The van der Waals surface area contributed by atoms with E-state index >= 15 is 0 Å². The van der Waals surface area contributed by atoms with Crippen molar-refractivity contribution in [1.82, 2.24) is 5.32 Å². The first-order valence-corrected chi connectivity index (χ1v) is 6.43. The van der Waals surface area contributed by atoms with Crippen LogP contribution in [0.3, 0.4) is 0 Å². The Kier molecular flexibility index (Phi) is 3.48. The Balaban J connectivity index is 1.87. The average molecular weight is 258 g/mol. The number of hydrogen-bond donors (Lipinski definition) is 1. The van der Waals surface area contributed by atoms with Crippen LogP contribution in [0.5, 0.6) is 0 Å². The van der Waals surface area contributed by atoms with Crippen molar-refractivity contribution in [3.8, 4) is 0 Å². The molecule has 88 valence electrons. The number of halogens is 2. The van der Waals surface area contributed by atoms with Crippen LogP contribution in [0.2, 0.25) is 5.02 Å². The summed E-state index contributed by atoms with van der Waals surface area (Å²) in [5, 5.41) is 4.63. The highest BCUT2D eigenvalue weighted by atomic mass is 35.5. The summed E-state index contributed by atoms with van der Waals surface area (Å²) < 4.78 is 0. The third-order valence-corrected chi connectivity index (χ3v) is 4.61. The highest BCUT2D eigenvalue weighted by molar-refractivity contribution is 6.30. The second kappa shape index (κ2) is 4.56. The van der Waals surface area contributed by atoms with Crippen molar-refractivity contribution in [3.05, 3.63) is 34.9 Å². The topological polar surface area (TPSA) is 12.0 Å². The lowest BCUT2D eigenvalue weighted by Gasteiger charge is -2.49. The monoisotopic (exact) mass is 257 g/mol. The van der Waals surface area contributed by atoms with Crippen molar-refractivity contribution in [3.63, 3.8) is 0 Å². The smallest absolute Gasteiger partial charge is 0.0416 e. The van der Waals surface area contributed by atoms with Crippen molar-refractivity contribution < 1.29 is 0 Å². The van der Waals surface area contributed by atoms with Crippen LogP contribution in [-0.2, 0) is 6.54 Å². The zero-order chi connectivity index (χ0) is 11.8. The van der Waals surface area contributed by atoms with Gasteiger partial charge in [0, 0.05) is 23.0 Å². The van der Waals surface area contributed by atoms with Crippen LogP contribution in [0, 0.1) is 5.41 Å². The molecule has 1 saturated carbocycles. The first-order chi connectivity index (χ1) is 7.50. The van der Waals surface area contributed by atoms with Gasteiger partial charge >= 0.3 is 0 Å². The molecule has 1 aliphatic rings. The van der Waals surface area contributed by atoms with Gasteiger partial charge in [-0.3, -0.25) is 0 Å². The summed E-state index contributed by atoms with van der Waals surface area (Å²) in [6.45, 7) is 5.32. The van der Waals surface area contributed by atoms with Gasteiger partial charge in [0.1, 0.15) is 0 Å². The number of benzene rings is 1. The van der Waals surface area contributed by atoms with Gasteiger partial charge in [-0.05, 0) is 29.5 Å². The first kappa shape index (κ1) is 12.2. The van der Waals surface area contributed by atoms with Crippen LogP contribution in [-0.4, -0.2) is 11.4 Å². The van der Waals surface area contributed by atoms with Gasteiger partial charge in [0.2, 0.25) is 0 Å². The molecule has 0 heterocycles. The van der Waals surface area contributed by atoms with E-state index in [0.29, 0.717) is 11.4 Å². The lowest BCUT2D eigenvalue weighted by molar-refractivity contribution is 0.115. The second-order valence-corrected chi connectivity index (χ2v) is 6.05. The molecule has 1 fully saturated rings. The molecule has 1 aliphatic carbocycles. The summed E-state index contributed by atoms with van der Waals surface area (Å²) in [5.74, 6) is 0. The Bertz CT molecular complexity index is 359. The van der Waals surface area contributed by atoms with Gasteiger partial charge in [0.25, 0.3) is 0 Å². The minimum absolute atomic E-state index is 0.202. The van der Waals surface area contributed by atoms with E-state index < -0.39 is 0 Å². The maximum Gasteiger partial charge on any atom is 0.0416 e. The van der Waals surface area contributed by atoms with E-state index in [4.69, 9.17) is 23.2 Å². The Labute approximate surface area is 107 Å². The normalized spacial score (nSPS) is 27.5. The molecule has 3 heteroatoms. The van der Waals surface area contributed by atoms with Crippen molar-refractivity contribution in [2.75, 3.05) is 0 Å². The Morgan fingerprint density at radius 1 is 1.31 bits per heavy atom.